The molecule has 0 radical (unpaired) electrons. The summed E-state index contributed by atoms with van der Waals surface area (Å²) in [7, 11) is 1.52. The van der Waals surface area contributed by atoms with Crippen molar-refractivity contribution in [2.75, 3.05) is 7.05 Å². The van der Waals surface area contributed by atoms with Crippen LogP contribution in [0.3, 0.4) is 0 Å². The Hall–Kier alpha value is -2.73. The van der Waals surface area contributed by atoms with Crippen LogP contribution in [0.2, 0.25) is 0 Å². The first kappa shape index (κ1) is 16.6. The maximum absolute atomic E-state index is 12.6. The highest BCUT2D eigenvalue weighted by molar-refractivity contribution is 5.98. The molecule has 2 aromatic rings. The first-order chi connectivity index (χ1) is 10.9. The van der Waals surface area contributed by atoms with Crippen LogP contribution in [0.25, 0.3) is 0 Å². The van der Waals surface area contributed by atoms with E-state index in [1.807, 2.05) is 6.07 Å². The fourth-order valence-electron chi connectivity index (χ4n) is 2.33. The van der Waals surface area contributed by atoms with Crippen LogP contribution in [0.15, 0.2) is 54.6 Å². The first-order valence-corrected chi connectivity index (χ1v) is 7.17. The number of hydrogen-bond donors (Lipinski definition) is 1. The normalized spacial score (nSPS) is 13.2. The molecule has 0 bridgehead atoms. The standard InChI is InChI=1S/C17H18N2O4/c1-12(16(20)13-8-4-3-5-9-13)18(2)17(21)14-10-6-7-11-15(14)19(22)23/h3-12,16,20H,1-2H3. The van der Waals surface area contributed by atoms with Gasteiger partial charge in [-0.25, -0.2) is 0 Å². The molecule has 120 valence electrons. The Morgan fingerprint density at radius 2 is 1.70 bits per heavy atom. The molecule has 0 aliphatic carbocycles. The number of rotatable bonds is 5. The van der Waals surface area contributed by atoms with Gasteiger partial charge in [0.2, 0.25) is 0 Å². The van der Waals surface area contributed by atoms with Gasteiger partial charge in [0.1, 0.15) is 5.56 Å². The third-order valence-electron chi connectivity index (χ3n) is 3.86. The van der Waals surface area contributed by atoms with Crippen molar-refractivity contribution in [3.05, 3.63) is 75.8 Å². The molecule has 0 heterocycles. The summed E-state index contributed by atoms with van der Waals surface area (Å²) >= 11 is 0. The maximum Gasteiger partial charge on any atom is 0.282 e. The highest BCUT2D eigenvalue weighted by atomic mass is 16.6. The van der Waals surface area contributed by atoms with Crippen molar-refractivity contribution in [2.24, 2.45) is 0 Å². The van der Waals surface area contributed by atoms with Gasteiger partial charge in [-0.05, 0) is 18.6 Å². The number of carbonyl (C=O) groups excluding carboxylic acids is 1. The average Bonchev–Trinajstić information content (AvgIpc) is 2.59. The fraction of sp³-hybridized carbons (Fsp3) is 0.235. The number of aliphatic hydroxyl groups excluding tert-OH is 1. The summed E-state index contributed by atoms with van der Waals surface area (Å²) in [6.45, 7) is 1.70. The van der Waals surface area contributed by atoms with Gasteiger partial charge in [0.15, 0.2) is 0 Å². The zero-order valence-electron chi connectivity index (χ0n) is 12.9. The Kier molecular flexibility index (Phi) is 5.08. The van der Waals surface area contributed by atoms with Crippen molar-refractivity contribution in [1.82, 2.24) is 4.90 Å². The van der Waals surface area contributed by atoms with Crippen LogP contribution in [-0.4, -0.2) is 33.9 Å². The molecule has 2 rings (SSSR count). The third kappa shape index (κ3) is 3.54. The SMILES string of the molecule is CC(C(O)c1ccccc1)N(C)C(=O)c1ccccc1[N+](=O)[O-]. The van der Waals surface area contributed by atoms with Crippen molar-refractivity contribution in [2.45, 2.75) is 19.1 Å². The van der Waals surface area contributed by atoms with Crippen LogP contribution < -0.4 is 0 Å². The quantitative estimate of drug-likeness (QED) is 0.679. The molecule has 0 aromatic heterocycles. The van der Waals surface area contributed by atoms with Crippen LogP contribution >= 0.6 is 0 Å². The smallest absolute Gasteiger partial charge is 0.282 e. The predicted octanol–water partition coefficient (Wildman–Crippen LogP) is 2.79. The van der Waals surface area contributed by atoms with Gasteiger partial charge in [-0.15, -0.1) is 0 Å². The molecular formula is C17H18N2O4. The molecule has 1 N–H and O–H groups in total. The molecule has 2 aromatic carbocycles. The van der Waals surface area contributed by atoms with Gasteiger partial charge in [-0.2, -0.15) is 0 Å². The van der Waals surface area contributed by atoms with Crippen molar-refractivity contribution in [3.8, 4) is 0 Å². The highest BCUT2D eigenvalue weighted by Gasteiger charge is 2.28. The molecule has 0 saturated carbocycles. The van der Waals surface area contributed by atoms with Gasteiger partial charge in [0.25, 0.3) is 11.6 Å². The van der Waals surface area contributed by atoms with E-state index >= 15 is 0 Å². The molecule has 2 atom stereocenters. The molecule has 0 fully saturated rings. The molecule has 0 aliphatic heterocycles. The summed E-state index contributed by atoms with van der Waals surface area (Å²) in [5, 5.41) is 21.5. The number of para-hydroxylation sites is 1. The van der Waals surface area contributed by atoms with E-state index in [4.69, 9.17) is 0 Å². The van der Waals surface area contributed by atoms with E-state index < -0.39 is 23.0 Å². The fourth-order valence-corrected chi connectivity index (χ4v) is 2.33. The lowest BCUT2D eigenvalue weighted by Gasteiger charge is -2.29. The summed E-state index contributed by atoms with van der Waals surface area (Å²) in [6, 6.07) is 14.2. The summed E-state index contributed by atoms with van der Waals surface area (Å²) in [5.41, 5.74) is 0.445. The van der Waals surface area contributed by atoms with Gasteiger partial charge < -0.3 is 10.0 Å². The second kappa shape index (κ2) is 7.02. The van der Waals surface area contributed by atoms with Crippen LogP contribution in [-0.2, 0) is 0 Å². The lowest BCUT2D eigenvalue weighted by atomic mass is 10.0. The minimum Gasteiger partial charge on any atom is -0.386 e. The molecule has 0 aliphatic rings. The number of amides is 1. The zero-order valence-corrected chi connectivity index (χ0v) is 12.9. The van der Waals surface area contributed by atoms with E-state index in [1.54, 1.807) is 37.3 Å². The Morgan fingerprint density at radius 1 is 1.13 bits per heavy atom. The van der Waals surface area contributed by atoms with Crippen molar-refractivity contribution >= 4 is 11.6 Å². The first-order valence-electron chi connectivity index (χ1n) is 7.17. The molecule has 1 amide bonds. The number of aliphatic hydroxyl groups is 1. The maximum atomic E-state index is 12.6. The zero-order chi connectivity index (χ0) is 17.0. The molecule has 23 heavy (non-hydrogen) atoms. The van der Waals surface area contributed by atoms with E-state index in [0.29, 0.717) is 5.56 Å². The number of benzene rings is 2. The van der Waals surface area contributed by atoms with Crippen molar-refractivity contribution in [3.63, 3.8) is 0 Å². The summed E-state index contributed by atoms with van der Waals surface area (Å²) < 4.78 is 0. The number of nitrogens with zero attached hydrogens (tertiary/aromatic N) is 2. The van der Waals surface area contributed by atoms with Crippen LogP contribution in [0.4, 0.5) is 5.69 Å². The van der Waals surface area contributed by atoms with E-state index in [0.717, 1.165) is 0 Å². The summed E-state index contributed by atoms with van der Waals surface area (Å²) in [5.74, 6) is -0.500. The van der Waals surface area contributed by atoms with E-state index in [9.17, 15) is 20.0 Å². The minimum atomic E-state index is -0.882. The molecule has 0 spiro atoms. The number of carbonyl (C=O) groups is 1. The number of likely N-dealkylation sites (N-methyl/N-ethyl adjacent to an activating group) is 1. The molecule has 6 nitrogen and oxygen atoms in total. The minimum absolute atomic E-state index is 0.00658. The van der Waals surface area contributed by atoms with Crippen LogP contribution in [0.5, 0.6) is 0 Å². The average molecular weight is 314 g/mol. The Morgan fingerprint density at radius 3 is 2.30 bits per heavy atom. The number of nitro groups is 1. The van der Waals surface area contributed by atoms with E-state index in [2.05, 4.69) is 0 Å². The largest absolute Gasteiger partial charge is 0.386 e. The topological polar surface area (TPSA) is 83.7 Å². The molecule has 6 heteroatoms. The summed E-state index contributed by atoms with van der Waals surface area (Å²) in [6.07, 6.45) is -0.882. The Balaban J connectivity index is 2.24. The van der Waals surface area contributed by atoms with Gasteiger partial charge in [0.05, 0.1) is 17.1 Å². The molecule has 0 saturated heterocycles. The van der Waals surface area contributed by atoms with Crippen LogP contribution in [0, 0.1) is 10.1 Å². The predicted molar refractivity (Wildman–Crippen MR) is 86.1 cm³/mol. The van der Waals surface area contributed by atoms with E-state index in [-0.39, 0.29) is 11.3 Å². The second-order valence-electron chi connectivity index (χ2n) is 5.29. The second-order valence-corrected chi connectivity index (χ2v) is 5.29. The highest BCUT2D eigenvalue weighted by Crippen LogP contribution is 2.24. The van der Waals surface area contributed by atoms with Crippen LogP contribution in [0.1, 0.15) is 28.9 Å². The van der Waals surface area contributed by atoms with Crippen molar-refractivity contribution < 1.29 is 14.8 Å². The monoisotopic (exact) mass is 314 g/mol. The Labute approximate surface area is 134 Å². The molecule has 2 unspecified atom stereocenters. The van der Waals surface area contributed by atoms with Crippen molar-refractivity contribution in [1.29, 1.82) is 0 Å². The summed E-state index contributed by atoms with van der Waals surface area (Å²) in [4.78, 5) is 24.4. The van der Waals surface area contributed by atoms with E-state index in [1.165, 1.54) is 30.1 Å². The lowest BCUT2D eigenvalue weighted by Crippen LogP contribution is -2.39. The van der Waals surface area contributed by atoms with Gasteiger partial charge in [0, 0.05) is 13.1 Å². The number of hydrogen-bond acceptors (Lipinski definition) is 4. The van der Waals surface area contributed by atoms with Gasteiger partial charge in [-0.3, -0.25) is 14.9 Å². The lowest BCUT2D eigenvalue weighted by molar-refractivity contribution is -0.385. The molecular weight excluding hydrogens is 296 g/mol. The van der Waals surface area contributed by atoms with Gasteiger partial charge in [-0.1, -0.05) is 42.5 Å². The van der Waals surface area contributed by atoms with Gasteiger partial charge >= 0.3 is 0 Å². The third-order valence-corrected chi connectivity index (χ3v) is 3.86. The Bertz CT molecular complexity index is 703. The number of nitro benzene ring substituents is 1.